The van der Waals surface area contributed by atoms with Crippen LogP contribution in [0.2, 0.25) is 0 Å². The molecule has 0 unspecified atom stereocenters. The number of thioether (sulfide) groups is 1. The number of carbonyl (C=O) groups excluding carboxylic acids is 3. The second-order valence-electron chi connectivity index (χ2n) is 18.0. The minimum absolute atomic E-state index is 0.0568. The fraction of sp³-hybridized carbons (Fsp3) is 0.404. The van der Waals surface area contributed by atoms with Gasteiger partial charge in [0.15, 0.2) is 40.0 Å². The van der Waals surface area contributed by atoms with E-state index >= 15 is 9.59 Å². The predicted octanol–water partition coefficient (Wildman–Crippen LogP) is 6.65. The quantitative estimate of drug-likeness (QED) is 0.0939. The van der Waals surface area contributed by atoms with E-state index in [1.54, 1.807) is 54.8 Å². The van der Waals surface area contributed by atoms with Crippen LogP contribution in [0.15, 0.2) is 68.0 Å². The molecule has 2 saturated heterocycles. The first-order chi connectivity index (χ1) is 33.4. The molecule has 2 fully saturated rings. The van der Waals surface area contributed by atoms with Gasteiger partial charge in [0.1, 0.15) is 31.6 Å². The van der Waals surface area contributed by atoms with Gasteiger partial charge in [-0.1, -0.05) is 31.4 Å². The number of benzene rings is 3. The molecule has 0 saturated carbocycles. The summed E-state index contributed by atoms with van der Waals surface area (Å²) in [7, 11) is 5.18. The molecule has 1 amide bonds. The van der Waals surface area contributed by atoms with E-state index in [0.717, 1.165) is 22.3 Å². The standard InChI is InChI=1S/C52H53N5O11S/c1-9-17-63-38-21-31-13-16-56(50(59)30-11-14-54-15-12-30)52(33(31)22-37(38)61-7)25-69-49-41-40(48-46(66-26-67-48)28(4)45(41)68-29(5)58)36(24-65-51(52)60)57-35(23-53)34-20-32-19-27(3)44(62-8)47(64-18-10-2)39(32)42(43(49)57)55(34)6/h9-12,14-15,19,21-22,34-36,42-43,49H,1-2,13,16-18,20,24-26H2,3-8H3/t34-,35-,36+,42+,43+,49+,52+/m0/s1. The highest BCUT2D eigenvalue weighted by Crippen LogP contribution is 2.65. The predicted molar refractivity (Wildman–Crippen MR) is 253 cm³/mol. The number of amides is 1. The van der Waals surface area contributed by atoms with Crippen molar-refractivity contribution in [1.82, 2.24) is 19.7 Å². The molecule has 7 aliphatic heterocycles. The highest BCUT2D eigenvalue weighted by molar-refractivity contribution is 7.99. The summed E-state index contributed by atoms with van der Waals surface area (Å²) in [5.74, 6) is 1.43. The van der Waals surface area contributed by atoms with E-state index in [-0.39, 0.29) is 45.0 Å². The van der Waals surface area contributed by atoms with Crippen LogP contribution in [0.4, 0.5) is 0 Å². The Morgan fingerprint density at radius 2 is 1.71 bits per heavy atom. The van der Waals surface area contributed by atoms with Crippen LogP contribution in [0.3, 0.4) is 0 Å². The molecule has 3 aromatic carbocycles. The number of fused-ring (bicyclic) bond motifs is 9. The fourth-order valence-electron chi connectivity index (χ4n) is 11.7. The van der Waals surface area contributed by atoms with Gasteiger partial charge in [-0.3, -0.25) is 24.4 Å². The zero-order valence-corrected chi connectivity index (χ0v) is 40.2. The van der Waals surface area contributed by atoms with Gasteiger partial charge < -0.3 is 42.8 Å². The highest BCUT2D eigenvalue weighted by Gasteiger charge is 2.63. The summed E-state index contributed by atoms with van der Waals surface area (Å²) in [6.45, 7) is 13.1. The Hall–Kier alpha value is -6.74. The average Bonchev–Trinajstić information content (AvgIpc) is 3.85. The van der Waals surface area contributed by atoms with Gasteiger partial charge in [0, 0.05) is 71.5 Å². The molecular formula is C52H53N5O11S. The van der Waals surface area contributed by atoms with Crippen molar-refractivity contribution in [2.45, 2.75) is 74.6 Å². The van der Waals surface area contributed by atoms with Crippen molar-refractivity contribution in [2.24, 2.45) is 0 Å². The number of aryl methyl sites for hydroxylation is 1. The van der Waals surface area contributed by atoms with Crippen LogP contribution < -0.4 is 33.2 Å². The van der Waals surface area contributed by atoms with E-state index < -0.39 is 52.8 Å². The Morgan fingerprint density at radius 3 is 2.42 bits per heavy atom. The smallest absolute Gasteiger partial charge is 0.337 e. The zero-order valence-electron chi connectivity index (χ0n) is 39.4. The number of likely N-dealkylation sites (N-methyl/N-ethyl adjacent to an activating group) is 1. The molecule has 7 atom stereocenters. The minimum atomic E-state index is -1.76. The van der Waals surface area contributed by atoms with Gasteiger partial charge in [0.05, 0.1) is 37.6 Å². The summed E-state index contributed by atoms with van der Waals surface area (Å²) in [6, 6.07) is 8.72. The maximum absolute atomic E-state index is 15.9. The molecule has 8 heterocycles. The van der Waals surface area contributed by atoms with Crippen molar-refractivity contribution in [3.05, 3.63) is 118 Å². The van der Waals surface area contributed by atoms with Crippen LogP contribution in [0.25, 0.3) is 0 Å². The Morgan fingerprint density at radius 1 is 0.957 bits per heavy atom. The number of hydrogen-bond donors (Lipinski definition) is 0. The number of hydrogen-bond acceptors (Lipinski definition) is 16. The maximum Gasteiger partial charge on any atom is 0.337 e. The van der Waals surface area contributed by atoms with Crippen LogP contribution in [0, 0.1) is 25.2 Å². The molecule has 0 N–H and O–H groups in total. The first kappa shape index (κ1) is 46.0. The van der Waals surface area contributed by atoms with Gasteiger partial charge in [0.25, 0.3) is 5.91 Å². The van der Waals surface area contributed by atoms with E-state index in [4.69, 9.17) is 37.9 Å². The third kappa shape index (κ3) is 7.00. The Bertz CT molecular complexity index is 2850. The molecule has 358 valence electrons. The van der Waals surface area contributed by atoms with Crippen LogP contribution in [0.5, 0.6) is 40.2 Å². The summed E-state index contributed by atoms with van der Waals surface area (Å²) in [5, 5.41) is 10.8. The Kier molecular flexibility index (Phi) is 12.0. The number of piperazine rings is 1. The van der Waals surface area contributed by atoms with E-state index in [1.807, 2.05) is 27.0 Å². The number of rotatable bonds is 10. The van der Waals surface area contributed by atoms with E-state index in [2.05, 4.69) is 40.1 Å². The first-order valence-corrected chi connectivity index (χ1v) is 23.9. The summed E-state index contributed by atoms with van der Waals surface area (Å²) in [4.78, 5) is 54.5. The van der Waals surface area contributed by atoms with Crippen molar-refractivity contribution in [3.8, 4) is 46.3 Å². The number of nitriles is 1. The Labute approximate surface area is 404 Å². The van der Waals surface area contributed by atoms with E-state index in [0.29, 0.717) is 80.9 Å². The number of carbonyl (C=O) groups is 3. The fourth-order valence-corrected chi connectivity index (χ4v) is 13.5. The third-order valence-corrected chi connectivity index (χ3v) is 15.9. The molecule has 1 spiro atoms. The molecule has 4 bridgehead atoms. The van der Waals surface area contributed by atoms with Gasteiger partial charge >= 0.3 is 11.9 Å². The molecule has 0 radical (unpaired) electrons. The van der Waals surface area contributed by atoms with Gasteiger partial charge in [-0.05, 0) is 80.3 Å². The number of aromatic nitrogens is 1. The molecular weight excluding hydrogens is 903 g/mol. The first-order valence-electron chi connectivity index (χ1n) is 22.9. The minimum Gasteiger partial charge on any atom is -0.493 e. The van der Waals surface area contributed by atoms with E-state index in [1.165, 1.54) is 25.8 Å². The molecule has 11 rings (SSSR count). The second kappa shape index (κ2) is 18.0. The van der Waals surface area contributed by atoms with Gasteiger partial charge in [-0.25, -0.2) is 4.79 Å². The van der Waals surface area contributed by atoms with Crippen molar-refractivity contribution >= 4 is 29.6 Å². The SMILES string of the molecule is C=CCOc1cc2c(cc1OC)[C@@]1(CS[C@@H]3c4c(OC(C)=O)c(C)c5c(c4[C@@H](COC1=O)N1[C@@H]3[C@H]3c4c(cc(C)c(OC)c4OCC=C)C[C@@H]([C@@H]1C#N)N3C)OCO5)N(C(=O)c1ccncc1)CC2. The highest BCUT2D eigenvalue weighted by atomic mass is 32.2. The Balaban J connectivity index is 1.27. The van der Waals surface area contributed by atoms with E-state index in [9.17, 15) is 10.1 Å². The lowest BCUT2D eigenvalue weighted by atomic mass is 9.71. The zero-order chi connectivity index (χ0) is 48.5. The van der Waals surface area contributed by atoms with Crippen molar-refractivity contribution in [2.75, 3.05) is 60.2 Å². The van der Waals surface area contributed by atoms with Gasteiger partial charge in [-0.15, -0.1) is 11.8 Å². The maximum atomic E-state index is 15.9. The molecule has 16 nitrogen and oxygen atoms in total. The van der Waals surface area contributed by atoms with Crippen molar-refractivity contribution < 1.29 is 52.3 Å². The van der Waals surface area contributed by atoms with Crippen LogP contribution in [0.1, 0.15) is 79.1 Å². The van der Waals surface area contributed by atoms with Gasteiger partial charge in [0.2, 0.25) is 6.79 Å². The number of esters is 2. The van der Waals surface area contributed by atoms with Crippen LogP contribution >= 0.6 is 11.8 Å². The summed E-state index contributed by atoms with van der Waals surface area (Å²) >= 11 is 1.43. The lowest BCUT2D eigenvalue weighted by Gasteiger charge is -2.62. The number of nitrogens with zero attached hydrogens (tertiary/aromatic N) is 5. The largest absolute Gasteiger partial charge is 0.493 e. The van der Waals surface area contributed by atoms with Crippen LogP contribution in [-0.2, 0) is 32.7 Å². The normalized spacial score (nSPS) is 25.2. The third-order valence-electron chi connectivity index (χ3n) is 14.5. The summed E-state index contributed by atoms with van der Waals surface area (Å²) in [6.07, 6.45) is 7.30. The van der Waals surface area contributed by atoms with Crippen molar-refractivity contribution in [3.63, 3.8) is 0 Å². The van der Waals surface area contributed by atoms with Crippen molar-refractivity contribution in [1.29, 1.82) is 5.26 Å². The molecule has 0 aliphatic carbocycles. The lowest BCUT2D eigenvalue weighted by Crippen LogP contribution is -2.69. The molecule has 1 aromatic heterocycles. The summed E-state index contributed by atoms with van der Waals surface area (Å²) < 4.78 is 50.3. The topological polar surface area (TPSA) is 171 Å². The van der Waals surface area contributed by atoms with Gasteiger partial charge in [-0.2, -0.15) is 5.26 Å². The number of pyridine rings is 1. The van der Waals surface area contributed by atoms with Crippen LogP contribution in [-0.4, -0.2) is 116 Å². The monoisotopic (exact) mass is 955 g/mol. The molecule has 17 heteroatoms. The number of methoxy groups -OCH3 is 2. The molecule has 69 heavy (non-hydrogen) atoms. The average molecular weight is 956 g/mol. The molecule has 4 aromatic rings. The summed E-state index contributed by atoms with van der Waals surface area (Å²) in [5.41, 5.74) is 4.46. The second-order valence-corrected chi connectivity index (χ2v) is 19.1. The molecule has 7 aliphatic rings. The lowest BCUT2D eigenvalue weighted by molar-refractivity contribution is -0.162. The number of ether oxygens (including phenoxy) is 8.